The summed E-state index contributed by atoms with van der Waals surface area (Å²) in [7, 11) is 0. The Labute approximate surface area is 192 Å². The number of nitrogens with zero attached hydrogens (tertiary/aromatic N) is 1. The maximum Gasteiger partial charge on any atom is 0.335 e. The zero-order chi connectivity index (χ0) is 22.7. The van der Waals surface area contributed by atoms with E-state index in [1.165, 1.54) is 6.07 Å². The molecule has 1 aliphatic rings. The van der Waals surface area contributed by atoms with Crippen LogP contribution in [0.1, 0.15) is 21.5 Å². The molecule has 0 bridgehead atoms. The first-order chi connectivity index (χ1) is 15.4. The van der Waals surface area contributed by atoms with E-state index in [9.17, 15) is 14.4 Å². The highest BCUT2D eigenvalue weighted by atomic mass is 79.9. The Morgan fingerprint density at radius 3 is 2.53 bits per heavy atom. The Bertz CT molecular complexity index is 1240. The highest BCUT2D eigenvalue weighted by Crippen LogP contribution is 2.29. The normalized spacial score (nSPS) is 14.5. The Kier molecular flexibility index (Phi) is 6.04. The van der Waals surface area contributed by atoms with Crippen molar-refractivity contribution in [2.75, 3.05) is 4.90 Å². The molecule has 1 aliphatic heterocycles. The first kappa shape index (κ1) is 21.3. The molecule has 1 saturated heterocycles. The number of amides is 3. The number of carboxylic acids is 1. The van der Waals surface area contributed by atoms with Gasteiger partial charge in [-0.25, -0.2) is 14.5 Å². The highest BCUT2D eigenvalue weighted by molar-refractivity contribution is 9.10. The average molecular weight is 493 g/mol. The minimum Gasteiger partial charge on any atom is -0.488 e. The predicted molar refractivity (Wildman–Crippen MR) is 122 cm³/mol. The number of imide groups is 1. The van der Waals surface area contributed by atoms with Crippen LogP contribution in [-0.4, -0.2) is 23.0 Å². The van der Waals surface area contributed by atoms with Crippen LogP contribution in [-0.2, 0) is 11.4 Å². The van der Waals surface area contributed by atoms with E-state index in [1.807, 2.05) is 6.07 Å². The van der Waals surface area contributed by atoms with Gasteiger partial charge in [-0.05, 0) is 69.5 Å². The van der Waals surface area contributed by atoms with Crippen LogP contribution in [0.15, 0.2) is 83.0 Å². The molecule has 0 spiro atoms. The minimum atomic E-state index is -0.996. The Hall–Kier alpha value is -3.91. The molecule has 0 saturated carbocycles. The number of nitrogens with one attached hydrogen (secondary N) is 1. The van der Waals surface area contributed by atoms with Crippen molar-refractivity contribution >= 4 is 45.6 Å². The van der Waals surface area contributed by atoms with Gasteiger partial charge in [0, 0.05) is 0 Å². The number of carbonyl (C=O) groups excluding carboxylic acids is 2. The first-order valence-electron chi connectivity index (χ1n) is 9.59. The monoisotopic (exact) mass is 492 g/mol. The van der Waals surface area contributed by atoms with Crippen LogP contribution in [0.3, 0.4) is 0 Å². The van der Waals surface area contributed by atoms with E-state index < -0.39 is 17.9 Å². The number of anilines is 1. The van der Waals surface area contributed by atoms with E-state index in [0.29, 0.717) is 21.5 Å². The summed E-state index contributed by atoms with van der Waals surface area (Å²) < 4.78 is 6.44. The van der Waals surface area contributed by atoms with Gasteiger partial charge in [-0.1, -0.05) is 36.4 Å². The number of aromatic carboxylic acids is 1. The molecule has 7 nitrogen and oxygen atoms in total. The molecule has 4 rings (SSSR count). The van der Waals surface area contributed by atoms with Crippen LogP contribution in [0.4, 0.5) is 10.5 Å². The summed E-state index contributed by atoms with van der Waals surface area (Å²) in [5.74, 6) is -0.874. The van der Waals surface area contributed by atoms with Crippen molar-refractivity contribution in [2.45, 2.75) is 6.61 Å². The molecule has 0 aliphatic carbocycles. The van der Waals surface area contributed by atoms with Gasteiger partial charge in [0.25, 0.3) is 5.91 Å². The number of hydrogen-bond donors (Lipinski definition) is 2. The van der Waals surface area contributed by atoms with Crippen LogP contribution < -0.4 is 15.0 Å². The van der Waals surface area contributed by atoms with Crippen LogP contribution in [0.25, 0.3) is 6.08 Å². The molecule has 3 amide bonds. The van der Waals surface area contributed by atoms with Crippen LogP contribution in [0, 0.1) is 0 Å². The van der Waals surface area contributed by atoms with Gasteiger partial charge in [-0.3, -0.25) is 4.79 Å². The number of halogens is 1. The quantitative estimate of drug-likeness (QED) is 0.379. The smallest absolute Gasteiger partial charge is 0.335 e. The summed E-state index contributed by atoms with van der Waals surface area (Å²) in [6.07, 6.45) is 1.59. The lowest BCUT2D eigenvalue weighted by molar-refractivity contribution is -0.113. The number of ether oxygens (including phenoxy) is 1. The summed E-state index contributed by atoms with van der Waals surface area (Å²) >= 11 is 3.45. The molecule has 0 aromatic heterocycles. The largest absolute Gasteiger partial charge is 0.488 e. The lowest BCUT2D eigenvalue weighted by atomic mass is 10.1. The fourth-order valence-electron chi connectivity index (χ4n) is 3.19. The van der Waals surface area contributed by atoms with Crippen LogP contribution in [0.2, 0.25) is 0 Å². The standard InChI is InChI=1S/C24H17BrN2O5/c25-19-12-15(9-10-21(19)32-14-16-5-4-6-17(11-16)23(29)30)13-20-22(28)27(24(31)26-20)18-7-2-1-3-8-18/h1-13H,14H2,(H,26,31)(H,29,30)/b20-13+. The van der Waals surface area contributed by atoms with E-state index in [0.717, 1.165) is 10.5 Å². The topological polar surface area (TPSA) is 95.9 Å². The third kappa shape index (κ3) is 4.55. The number of rotatable bonds is 6. The van der Waals surface area contributed by atoms with E-state index >= 15 is 0 Å². The van der Waals surface area contributed by atoms with Gasteiger partial charge in [0.05, 0.1) is 15.7 Å². The summed E-state index contributed by atoms with van der Waals surface area (Å²) in [6, 6.07) is 20.0. The van der Waals surface area contributed by atoms with Crippen LogP contribution in [0.5, 0.6) is 5.75 Å². The van der Waals surface area contributed by atoms with Gasteiger partial charge in [-0.15, -0.1) is 0 Å². The molecular weight excluding hydrogens is 476 g/mol. The molecule has 160 valence electrons. The van der Waals surface area contributed by atoms with E-state index in [1.54, 1.807) is 66.7 Å². The molecule has 0 atom stereocenters. The summed E-state index contributed by atoms with van der Waals surface area (Å²) in [5.41, 5.74) is 2.28. The van der Waals surface area contributed by atoms with Crippen LogP contribution >= 0.6 is 15.9 Å². The van der Waals surface area contributed by atoms with Crippen molar-refractivity contribution in [3.8, 4) is 5.75 Å². The number of carbonyl (C=O) groups is 3. The molecular formula is C24H17BrN2O5. The van der Waals surface area contributed by atoms with Crippen molar-refractivity contribution < 1.29 is 24.2 Å². The SMILES string of the molecule is O=C(O)c1cccc(COc2ccc(/C=C3/NC(=O)N(c4ccccc4)C3=O)cc2Br)c1. The lowest BCUT2D eigenvalue weighted by Crippen LogP contribution is -2.30. The summed E-state index contributed by atoms with van der Waals surface area (Å²) in [6.45, 7) is 0.195. The molecule has 0 unspecified atom stereocenters. The highest BCUT2D eigenvalue weighted by Gasteiger charge is 2.34. The lowest BCUT2D eigenvalue weighted by Gasteiger charge is -2.11. The van der Waals surface area contributed by atoms with E-state index in [4.69, 9.17) is 9.84 Å². The minimum absolute atomic E-state index is 0.171. The van der Waals surface area contributed by atoms with Gasteiger partial charge in [-0.2, -0.15) is 0 Å². The second-order valence-electron chi connectivity index (χ2n) is 6.95. The maximum absolute atomic E-state index is 12.7. The molecule has 3 aromatic carbocycles. The summed E-state index contributed by atoms with van der Waals surface area (Å²) in [5, 5.41) is 11.7. The number of hydrogen-bond acceptors (Lipinski definition) is 4. The summed E-state index contributed by atoms with van der Waals surface area (Å²) in [4.78, 5) is 37.2. The van der Waals surface area contributed by atoms with Crippen molar-refractivity contribution in [3.63, 3.8) is 0 Å². The second-order valence-corrected chi connectivity index (χ2v) is 7.80. The van der Waals surface area contributed by atoms with Gasteiger partial charge in [0.1, 0.15) is 18.1 Å². The molecule has 8 heteroatoms. The fourth-order valence-corrected chi connectivity index (χ4v) is 3.70. The molecule has 0 radical (unpaired) electrons. The average Bonchev–Trinajstić information content (AvgIpc) is 3.06. The first-order valence-corrected chi connectivity index (χ1v) is 10.4. The molecule has 1 fully saturated rings. The van der Waals surface area contributed by atoms with E-state index in [2.05, 4.69) is 21.2 Å². The van der Waals surface area contributed by atoms with Gasteiger partial charge in [0.2, 0.25) is 0 Å². The number of urea groups is 1. The zero-order valence-electron chi connectivity index (χ0n) is 16.6. The fraction of sp³-hybridized carbons (Fsp3) is 0.0417. The number of benzene rings is 3. The third-order valence-corrected chi connectivity index (χ3v) is 5.35. The molecule has 1 heterocycles. The third-order valence-electron chi connectivity index (χ3n) is 4.73. The van der Waals surface area contributed by atoms with Gasteiger partial charge >= 0.3 is 12.0 Å². The Balaban J connectivity index is 1.48. The maximum atomic E-state index is 12.7. The van der Waals surface area contributed by atoms with Crippen molar-refractivity contribution in [1.29, 1.82) is 0 Å². The van der Waals surface area contributed by atoms with Gasteiger partial charge < -0.3 is 15.2 Å². The Morgan fingerprint density at radius 2 is 1.81 bits per heavy atom. The number of carboxylic acid groups (broad SMARTS) is 1. The van der Waals surface area contributed by atoms with E-state index in [-0.39, 0.29) is 17.9 Å². The van der Waals surface area contributed by atoms with Crippen molar-refractivity contribution in [3.05, 3.63) is 99.7 Å². The Morgan fingerprint density at radius 1 is 1.03 bits per heavy atom. The number of para-hydroxylation sites is 1. The van der Waals surface area contributed by atoms with Gasteiger partial charge in [0.15, 0.2) is 0 Å². The molecule has 3 aromatic rings. The molecule has 32 heavy (non-hydrogen) atoms. The second kappa shape index (κ2) is 9.07. The predicted octanol–water partition coefficient (Wildman–Crippen LogP) is 4.82. The molecule has 2 N–H and O–H groups in total. The van der Waals surface area contributed by atoms with Crippen molar-refractivity contribution in [2.24, 2.45) is 0 Å². The van der Waals surface area contributed by atoms with Crippen molar-refractivity contribution in [1.82, 2.24) is 5.32 Å². The zero-order valence-corrected chi connectivity index (χ0v) is 18.2.